The predicted molar refractivity (Wildman–Crippen MR) is 398 cm³/mol. The third kappa shape index (κ3) is 21.3. The number of nitrogens with one attached hydrogen (secondary N) is 5. The molecule has 0 spiro atoms. The molecule has 550 valence electrons. The van der Waals surface area contributed by atoms with E-state index in [1.165, 1.54) is 14.2 Å². The fourth-order valence-corrected chi connectivity index (χ4v) is 11.8. The first-order chi connectivity index (χ1) is 51.1. The topological polar surface area (TPSA) is 294 Å². The van der Waals surface area contributed by atoms with Crippen LogP contribution in [0.1, 0.15) is 114 Å². The van der Waals surface area contributed by atoms with E-state index in [1.54, 1.807) is 92.7 Å². The Hall–Kier alpha value is -11.2. The van der Waals surface area contributed by atoms with Crippen LogP contribution in [0.2, 0.25) is 0 Å². The molecule has 0 aliphatic carbocycles. The van der Waals surface area contributed by atoms with E-state index in [-0.39, 0.29) is 94.1 Å². The second kappa shape index (κ2) is 38.4. The number of methoxy groups -OCH3 is 3. The van der Waals surface area contributed by atoms with E-state index in [4.69, 9.17) is 47.6 Å². The summed E-state index contributed by atoms with van der Waals surface area (Å²) in [6.07, 6.45) is 9.27. The van der Waals surface area contributed by atoms with Crippen LogP contribution in [-0.2, 0) is 49.5 Å². The van der Waals surface area contributed by atoms with Crippen LogP contribution >= 0.6 is 0 Å². The van der Waals surface area contributed by atoms with Crippen LogP contribution in [0.3, 0.4) is 0 Å². The fraction of sp³-hybridized carbons (Fsp3) is 0.362. The highest BCUT2D eigenvalue weighted by molar-refractivity contribution is 6.06. The van der Waals surface area contributed by atoms with Gasteiger partial charge in [0.1, 0.15) is 17.8 Å². The quantitative estimate of drug-likeness (QED) is 0.0183. The van der Waals surface area contributed by atoms with Crippen LogP contribution in [0.15, 0.2) is 144 Å². The second-order valence-electron chi connectivity index (χ2n) is 25.3. The van der Waals surface area contributed by atoms with Crippen molar-refractivity contribution in [1.29, 1.82) is 0 Å². The summed E-state index contributed by atoms with van der Waals surface area (Å²) in [4.78, 5) is 106. The van der Waals surface area contributed by atoms with Gasteiger partial charge in [-0.05, 0) is 108 Å². The van der Waals surface area contributed by atoms with Gasteiger partial charge >= 0.3 is 0 Å². The van der Waals surface area contributed by atoms with Crippen molar-refractivity contribution in [2.75, 3.05) is 104 Å². The van der Waals surface area contributed by atoms with E-state index in [0.717, 1.165) is 50.4 Å². The second-order valence-corrected chi connectivity index (χ2v) is 25.3. The van der Waals surface area contributed by atoms with Crippen LogP contribution in [0.25, 0.3) is 11.1 Å². The molecule has 0 fully saturated rings. The number of nitrogens with zero attached hydrogens (tertiary/aromatic N) is 4. The summed E-state index contributed by atoms with van der Waals surface area (Å²) < 4.78 is 51.3. The number of carbonyl (C=O) groups is 7. The van der Waals surface area contributed by atoms with E-state index in [0.29, 0.717) is 111 Å². The highest BCUT2D eigenvalue weighted by Crippen LogP contribution is 2.41. The highest BCUT2D eigenvalue weighted by Gasteiger charge is 2.34. The lowest BCUT2D eigenvalue weighted by atomic mass is 10.0. The smallest absolute Gasteiger partial charge is 0.260 e. The van der Waals surface area contributed by atoms with Crippen LogP contribution < -0.4 is 55.2 Å². The number of benzene rings is 6. The molecule has 6 aromatic rings. The molecule has 0 saturated carbocycles. The molecule has 10 rings (SSSR count). The average molecular weight is 1430 g/mol. The minimum Gasteiger partial charge on any atom is -0.497 e. The number of para-hydroxylation sites is 1. The first-order valence-electron chi connectivity index (χ1n) is 35.1. The van der Waals surface area contributed by atoms with Gasteiger partial charge in [0.25, 0.3) is 11.8 Å². The Labute approximate surface area is 611 Å². The zero-order valence-corrected chi connectivity index (χ0v) is 59.9. The maximum Gasteiger partial charge on any atom is 0.260 e. The molecule has 0 bridgehead atoms. The lowest BCUT2D eigenvalue weighted by Gasteiger charge is -2.26. The number of anilines is 2. The molecule has 3 atom stereocenters. The van der Waals surface area contributed by atoms with Gasteiger partial charge in [-0.15, -0.1) is 0 Å². The zero-order valence-electron chi connectivity index (χ0n) is 59.9. The number of carbonyl (C=O) groups excluding carboxylic acids is 7. The number of fused-ring (bicyclic) bond motifs is 5. The van der Waals surface area contributed by atoms with E-state index in [2.05, 4.69) is 43.4 Å². The molecule has 0 aromatic heterocycles. The monoisotopic (exact) mass is 1430 g/mol. The molecule has 4 heterocycles. The minimum atomic E-state index is -0.954. The standard InChI is InChI=1S/C80H89N9O16/c1-52(2)76(87-74(91)30-35-100-37-39-102-41-42-103-40-38-101-36-32-82-73(90)28-29-75(92)89-50-59-15-8-7-13-54(59)18-19-57-14-9-10-17-68(57)89)79(95)85-53(3)77(93)86-61-24-20-55(21-25-61)58-16-11-31-81-66-46-71(69(98-5)44-64(66)78(94)84-48-58)104-33-12-34-105-72-47-67-65(45-70(72)99-6)80(96)88-51-60(43-62(88)49-83-67)56-22-26-63(97-4)27-23-56/h7-10,13-15,17,20-27,31,44-49,51-53,62,76H,11-12,16,28-30,32-43,50H2,1-6H3,(H,82,90)(H,84,94)(H,85,95)(H,86,93)(H,87,91)/b58-48+,81-31-/t53-,62-,76-/m0/s1. The van der Waals surface area contributed by atoms with Gasteiger partial charge in [0.15, 0.2) is 23.0 Å². The molecule has 105 heavy (non-hydrogen) atoms. The molecule has 7 amide bonds. The molecule has 6 aromatic carbocycles. The van der Waals surface area contributed by atoms with Crippen molar-refractivity contribution in [3.8, 4) is 40.6 Å². The summed E-state index contributed by atoms with van der Waals surface area (Å²) in [5.41, 5.74) is 8.94. The molecular weight excluding hydrogens is 1340 g/mol. The van der Waals surface area contributed by atoms with Crippen molar-refractivity contribution in [2.45, 2.75) is 90.4 Å². The van der Waals surface area contributed by atoms with Crippen LogP contribution in [0.4, 0.5) is 22.7 Å². The summed E-state index contributed by atoms with van der Waals surface area (Å²) in [7, 11) is 4.63. The SMILES string of the molecule is COc1ccc(C2=CN3C(=O)c4cc(OC)c(OCCCOc5cc6c(cc5OC)C(=O)N/C=C(/c5ccc(NC(=O)[C@H](C)NC(=O)[C@@H](NC(=O)CCOCCOCCOCCOCCNC(=O)CCC(=O)N7Cc8ccccc8C#Cc8ccccc87)C(C)C)cc5)CC/C=N\6)cc4N=C[C@@H]3C2)cc1. The maximum atomic E-state index is 13.9. The van der Waals surface area contributed by atoms with Gasteiger partial charge in [0, 0.05) is 92.4 Å². The summed E-state index contributed by atoms with van der Waals surface area (Å²) in [5, 5.41) is 14.0. The highest BCUT2D eigenvalue weighted by atomic mass is 16.6. The van der Waals surface area contributed by atoms with Gasteiger partial charge < -0.3 is 79.0 Å². The largest absolute Gasteiger partial charge is 0.497 e. The molecule has 0 saturated heterocycles. The molecule has 0 radical (unpaired) electrons. The Kier molecular flexibility index (Phi) is 27.9. The van der Waals surface area contributed by atoms with Gasteiger partial charge in [-0.25, -0.2) is 0 Å². The molecule has 4 aliphatic rings. The van der Waals surface area contributed by atoms with Crippen LogP contribution in [0, 0.1) is 17.8 Å². The van der Waals surface area contributed by atoms with Crippen LogP contribution in [-0.4, -0.2) is 171 Å². The Morgan fingerprint density at radius 1 is 0.610 bits per heavy atom. The Bertz CT molecular complexity index is 4280. The molecular formula is C80H89N9O16. The Morgan fingerprint density at radius 3 is 1.91 bits per heavy atom. The van der Waals surface area contributed by atoms with Gasteiger partial charge in [0.2, 0.25) is 29.5 Å². The van der Waals surface area contributed by atoms with Crippen LogP contribution in [0.5, 0.6) is 28.7 Å². The van der Waals surface area contributed by atoms with Gasteiger partial charge in [0.05, 0.1) is 128 Å². The first-order valence-corrected chi connectivity index (χ1v) is 35.1. The molecule has 5 N–H and O–H groups in total. The summed E-state index contributed by atoms with van der Waals surface area (Å²) in [5.74, 6) is 6.00. The third-order valence-corrected chi connectivity index (χ3v) is 17.6. The first kappa shape index (κ1) is 76.5. The lowest BCUT2D eigenvalue weighted by Crippen LogP contribution is -2.53. The Balaban J connectivity index is 0.573. The number of ether oxygens (including phenoxy) is 9. The molecule has 4 aliphatic heterocycles. The number of allylic oxidation sites excluding steroid dienone is 1. The molecule has 25 heteroatoms. The van der Waals surface area contributed by atoms with Crippen molar-refractivity contribution < 1.29 is 76.2 Å². The molecule has 25 nitrogen and oxygen atoms in total. The van der Waals surface area contributed by atoms with Crippen molar-refractivity contribution in [3.05, 3.63) is 173 Å². The predicted octanol–water partition coefficient (Wildman–Crippen LogP) is 9.68. The average Bonchev–Trinajstić information content (AvgIpc) is 1.66. The summed E-state index contributed by atoms with van der Waals surface area (Å²) in [6, 6.07) is 34.6. The van der Waals surface area contributed by atoms with E-state index in [1.807, 2.05) is 91.1 Å². The molecule has 0 unspecified atom stereocenters. The number of hydrogen-bond donors (Lipinski definition) is 5. The van der Waals surface area contributed by atoms with E-state index >= 15 is 0 Å². The van der Waals surface area contributed by atoms with Gasteiger partial charge in [-0.1, -0.05) is 80.3 Å². The normalized spacial score (nSPS) is 15.6. The number of rotatable bonds is 35. The lowest BCUT2D eigenvalue weighted by molar-refractivity contribution is -0.132. The van der Waals surface area contributed by atoms with E-state index < -0.39 is 35.7 Å². The van der Waals surface area contributed by atoms with Crippen molar-refractivity contribution in [3.63, 3.8) is 0 Å². The number of aliphatic imine (C=N–C) groups is 2. The summed E-state index contributed by atoms with van der Waals surface area (Å²) >= 11 is 0. The Morgan fingerprint density at radius 2 is 1.23 bits per heavy atom. The zero-order chi connectivity index (χ0) is 74.0. The van der Waals surface area contributed by atoms with Crippen molar-refractivity contribution in [1.82, 2.24) is 26.2 Å². The van der Waals surface area contributed by atoms with Gasteiger partial charge in [-0.2, -0.15) is 0 Å². The van der Waals surface area contributed by atoms with Crippen molar-refractivity contribution >= 4 is 87.7 Å². The van der Waals surface area contributed by atoms with Crippen molar-refractivity contribution in [2.24, 2.45) is 15.9 Å². The fourth-order valence-electron chi connectivity index (χ4n) is 11.8. The number of amides is 7. The maximum absolute atomic E-state index is 13.9. The summed E-state index contributed by atoms with van der Waals surface area (Å²) in [6.45, 7) is 8.44. The minimum absolute atomic E-state index is 0.000144. The van der Waals surface area contributed by atoms with E-state index in [9.17, 15) is 33.6 Å². The third-order valence-electron chi connectivity index (χ3n) is 17.6. The van der Waals surface area contributed by atoms with Gasteiger partial charge in [-0.3, -0.25) is 43.5 Å². The number of hydrogen-bond acceptors (Lipinski definition) is 18.